The first kappa shape index (κ1) is 15.5. The van der Waals surface area contributed by atoms with Crippen molar-refractivity contribution in [2.75, 3.05) is 18.5 Å². The fourth-order valence-corrected chi connectivity index (χ4v) is 3.02. The standard InChI is InChI=1S/C17H17FN6O/c1-24(17-15-16(20-8-19-15)21-9-22-17)7-14(25)23-13-6-12(13)10-2-4-11(18)5-3-10/h2-5,8-9,12-13H,6-7H2,1H3,(H,23,25)(H,19,20,21,22)/t12-,13-/m1/s1. The molecule has 0 unspecified atom stereocenters. The van der Waals surface area contributed by atoms with E-state index < -0.39 is 0 Å². The molecule has 8 heteroatoms. The minimum atomic E-state index is -0.249. The van der Waals surface area contributed by atoms with Gasteiger partial charge in [-0.2, -0.15) is 0 Å². The Morgan fingerprint density at radius 1 is 1.32 bits per heavy atom. The molecule has 2 aromatic heterocycles. The Kier molecular flexibility index (Phi) is 3.79. The summed E-state index contributed by atoms with van der Waals surface area (Å²) in [5.74, 6) is 0.557. The Labute approximate surface area is 143 Å². The van der Waals surface area contributed by atoms with Crippen molar-refractivity contribution in [2.45, 2.75) is 18.4 Å². The molecule has 2 N–H and O–H groups in total. The fraction of sp³-hybridized carbons (Fsp3) is 0.294. The van der Waals surface area contributed by atoms with Crippen molar-refractivity contribution < 1.29 is 9.18 Å². The Morgan fingerprint density at radius 3 is 2.92 bits per heavy atom. The molecule has 1 aliphatic rings. The van der Waals surface area contributed by atoms with Gasteiger partial charge in [-0.1, -0.05) is 12.1 Å². The number of hydrogen-bond donors (Lipinski definition) is 2. The van der Waals surface area contributed by atoms with Crippen molar-refractivity contribution in [2.24, 2.45) is 0 Å². The highest BCUT2D eigenvalue weighted by molar-refractivity contribution is 5.87. The van der Waals surface area contributed by atoms with Crippen LogP contribution in [0, 0.1) is 5.82 Å². The van der Waals surface area contributed by atoms with Gasteiger partial charge in [-0.15, -0.1) is 0 Å². The first-order valence-corrected chi connectivity index (χ1v) is 8.02. The number of rotatable bonds is 5. The third-order valence-corrected chi connectivity index (χ3v) is 4.38. The van der Waals surface area contributed by atoms with E-state index in [0.29, 0.717) is 17.0 Å². The van der Waals surface area contributed by atoms with E-state index in [1.807, 2.05) is 0 Å². The molecule has 25 heavy (non-hydrogen) atoms. The molecule has 7 nitrogen and oxygen atoms in total. The van der Waals surface area contributed by atoms with Crippen LogP contribution in [0.15, 0.2) is 36.9 Å². The highest BCUT2D eigenvalue weighted by atomic mass is 19.1. The molecule has 0 bridgehead atoms. The summed E-state index contributed by atoms with van der Waals surface area (Å²) in [5, 5.41) is 3.02. The van der Waals surface area contributed by atoms with Crippen molar-refractivity contribution >= 4 is 22.9 Å². The third kappa shape index (κ3) is 3.15. The molecule has 0 saturated heterocycles. The number of carbonyl (C=O) groups excluding carboxylic acids is 1. The number of nitrogens with zero attached hydrogens (tertiary/aromatic N) is 4. The van der Waals surface area contributed by atoms with Crippen LogP contribution in [-0.4, -0.2) is 45.5 Å². The molecule has 1 aliphatic carbocycles. The van der Waals surface area contributed by atoms with Gasteiger partial charge in [0.1, 0.15) is 17.7 Å². The SMILES string of the molecule is CN(CC(=O)N[C@@H]1C[C@@H]1c1ccc(F)cc1)c1ncnc2nc[nH]c12. The number of aromatic nitrogens is 4. The largest absolute Gasteiger partial charge is 0.351 e. The number of aromatic amines is 1. The molecule has 0 radical (unpaired) electrons. The van der Waals surface area contributed by atoms with E-state index in [2.05, 4.69) is 25.3 Å². The van der Waals surface area contributed by atoms with Crippen molar-refractivity contribution in [3.05, 3.63) is 48.3 Å². The molecule has 1 fully saturated rings. The summed E-state index contributed by atoms with van der Waals surface area (Å²) in [5.41, 5.74) is 2.32. The monoisotopic (exact) mass is 340 g/mol. The summed E-state index contributed by atoms with van der Waals surface area (Å²) < 4.78 is 13.0. The van der Waals surface area contributed by atoms with Gasteiger partial charge in [-0.25, -0.2) is 19.3 Å². The molecule has 1 aromatic carbocycles. The van der Waals surface area contributed by atoms with Gasteiger partial charge in [-0.3, -0.25) is 4.79 Å². The Hall–Kier alpha value is -3.03. The molecule has 2 atom stereocenters. The lowest BCUT2D eigenvalue weighted by molar-refractivity contribution is -0.119. The van der Waals surface area contributed by atoms with E-state index in [1.165, 1.54) is 18.5 Å². The summed E-state index contributed by atoms with van der Waals surface area (Å²) in [6.45, 7) is 0.178. The van der Waals surface area contributed by atoms with Gasteiger partial charge in [0, 0.05) is 19.0 Å². The highest BCUT2D eigenvalue weighted by Gasteiger charge is 2.39. The Bertz CT molecular complexity index is 909. The molecule has 3 aromatic rings. The Balaban J connectivity index is 1.36. The van der Waals surface area contributed by atoms with Gasteiger partial charge in [0.2, 0.25) is 5.91 Å². The lowest BCUT2D eigenvalue weighted by Crippen LogP contribution is -2.37. The number of hydrogen-bond acceptors (Lipinski definition) is 5. The number of H-pyrrole nitrogens is 1. The zero-order valence-electron chi connectivity index (χ0n) is 13.6. The Morgan fingerprint density at radius 2 is 2.12 bits per heavy atom. The number of amides is 1. The zero-order chi connectivity index (χ0) is 17.4. The van der Waals surface area contributed by atoms with Gasteiger partial charge < -0.3 is 15.2 Å². The van der Waals surface area contributed by atoms with Crippen LogP contribution >= 0.6 is 0 Å². The second-order valence-corrected chi connectivity index (χ2v) is 6.22. The van der Waals surface area contributed by atoms with Gasteiger partial charge in [0.25, 0.3) is 0 Å². The van der Waals surface area contributed by atoms with Crippen LogP contribution < -0.4 is 10.2 Å². The summed E-state index contributed by atoms with van der Waals surface area (Å²) in [7, 11) is 1.80. The third-order valence-electron chi connectivity index (χ3n) is 4.38. The number of fused-ring (bicyclic) bond motifs is 1. The van der Waals surface area contributed by atoms with E-state index in [-0.39, 0.29) is 30.2 Å². The van der Waals surface area contributed by atoms with Crippen molar-refractivity contribution in [1.29, 1.82) is 0 Å². The van der Waals surface area contributed by atoms with Crippen LogP contribution in [0.5, 0.6) is 0 Å². The average molecular weight is 340 g/mol. The van der Waals surface area contributed by atoms with Crippen molar-refractivity contribution in [3.63, 3.8) is 0 Å². The molecular formula is C17H17FN6O. The van der Waals surface area contributed by atoms with Gasteiger partial charge in [-0.05, 0) is 24.1 Å². The molecule has 1 saturated carbocycles. The highest BCUT2D eigenvalue weighted by Crippen LogP contribution is 2.40. The summed E-state index contributed by atoms with van der Waals surface area (Å²) in [6, 6.07) is 6.54. The number of benzene rings is 1. The van der Waals surface area contributed by atoms with Gasteiger partial charge in [0.05, 0.1) is 12.9 Å². The van der Waals surface area contributed by atoms with Crippen molar-refractivity contribution in [3.8, 4) is 0 Å². The van der Waals surface area contributed by atoms with E-state index in [0.717, 1.165) is 12.0 Å². The molecule has 2 heterocycles. The number of likely N-dealkylation sites (N-methyl/N-ethyl adjacent to an activating group) is 1. The van der Waals surface area contributed by atoms with Crippen LogP contribution in [0.1, 0.15) is 17.9 Å². The topological polar surface area (TPSA) is 86.8 Å². The first-order chi connectivity index (χ1) is 12.1. The van der Waals surface area contributed by atoms with Gasteiger partial charge >= 0.3 is 0 Å². The minimum absolute atomic E-state index is 0.0802. The number of anilines is 1. The summed E-state index contributed by atoms with van der Waals surface area (Å²) in [6.07, 6.45) is 3.85. The molecule has 4 rings (SSSR count). The molecule has 1 amide bonds. The van der Waals surface area contributed by atoms with Crippen LogP contribution in [0.4, 0.5) is 10.2 Å². The number of carbonyl (C=O) groups is 1. The van der Waals surface area contributed by atoms with E-state index in [9.17, 15) is 9.18 Å². The predicted molar refractivity (Wildman–Crippen MR) is 90.6 cm³/mol. The fourth-order valence-electron chi connectivity index (χ4n) is 3.02. The van der Waals surface area contributed by atoms with Crippen LogP contribution in [-0.2, 0) is 4.79 Å². The van der Waals surface area contributed by atoms with Crippen molar-refractivity contribution in [1.82, 2.24) is 25.3 Å². The normalized spacial score (nSPS) is 19.0. The quantitative estimate of drug-likeness (QED) is 0.737. The van der Waals surface area contributed by atoms with Crippen LogP contribution in [0.2, 0.25) is 0 Å². The van der Waals surface area contributed by atoms with E-state index in [4.69, 9.17) is 0 Å². The number of nitrogens with one attached hydrogen (secondary N) is 2. The first-order valence-electron chi connectivity index (χ1n) is 8.02. The molecule has 128 valence electrons. The maximum atomic E-state index is 13.0. The number of halogens is 1. The van der Waals surface area contributed by atoms with Crippen LogP contribution in [0.25, 0.3) is 11.2 Å². The van der Waals surface area contributed by atoms with Gasteiger partial charge in [0.15, 0.2) is 11.5 Å². The maximum Gasteiger partial charge on any atom is 0.239 e. The second kappa shape index (κ2) is 6.12. The molecule has 0 spiro atoms. The zero-order valence-corrected chi connectivity index (χ0v) is 13.6. The second-order valence-electron chi connectivity index (χ2n) is 6.22. The maximum absolute atomic E-state index is 13.0. The minimum Gasteiger partial charge on any atom is -0.351 e. The smallest absolute Gasteiger partial charge is 0.239 e. The average Bonchev–Trinajstić information content (AvgIpc) is 3.18. The number of imidazole rings is 1. The summed E-state index contributed by atoms with van der Waals surface area (Å²) >= 11 is 0. The van der Waals surface area contributed by atoms with E-state index in [1.54, 1.807) is 30.4 Å². The summed E-state index contributed by atoms with van der Waals surface area (Å²) in [4.78, 5) is 29.4. The molecular weight excluding hydrogens is 323 g/mol. The van der Waals surface area contributed by atoms with Crippen LogP contribution in [0.3, 0.4) is 0 Å². The molecule has 0 aliphatic heterocycles. The lowest BCUT2D eigenvalue weighted by atomic mass is 10.1. The lowest BCUT2D eigenvalue weighted by Gasteiger charge is -2.17. The van der Waals surface area contributed by atoms with E-state index >= 15 is 0 Å². The predicted octanol–water partition coefficient (Wildman–Crippen LogP) is 1.60.